The molecule has 2 heterocycles. The molecule has 5 heteroatoms. The van der Waals surface area contributed by atoms with Crippen molar-refractivity contribution in [2.45, 2.75) is 13.0 Å². The molecule has 0 saturated carbocycles. The number of nitrogens with zero attached hydrogens (tertiary/aromatic N) is 2. The van der Waals surface area contributed by atoms with Crippen molar-refractivity contribution in [2.75, 3.05) is 27.2 Å². The molecule has 0 aromatic carbocycles. The van der Waals surface area contributed by atoms with Crippen LogP contribution in [0.15, 0.2) is 33.4 Å². The summed E-state index contributed by atoms with van der Waals surface area (Å²) in [6.07, 6.45) is 2.75. The monoisotopic (exact) mass is 249 g/mol. The second-order valence-electron chi connectivity index (χ2n) is 4.35. The Bertz CT molecular complexity index is 451. The van der Waals surface area contributed by atoms with E-state index in [0.29, 0.717) is 11.5 Å². The molecule has 2 aromatic rings. The van der Waals surface area contributed by atoms with Gasteiger partial charge >= 0.3 is 0 Å². The van der Waals surface area contributed by atoms with Gasteiger partial charge in [0, 0.05) is 12.6 Å². The van der Waals surface area contributed by atoms with Crippen LogP contribution in [0.2, 0.25) is 0 Å². The Morgan fingerprint density at radius 3 is 3.00 bits per heavy atom. The Kier molecular flexibility index (Phi) is 4.55. The van der Waals surface area contributed by atoms with E-state index in [9.17, 15) is 0 Å². The standard InChI is InChI=1S/C13H19N3O2/c1-14-6-4-7-16(2)10-11-9-13(18-15-11)12-5-3-8-17-12/h3,5,8-9,14H,4,6-7,10H2,1-2H3. The fourth-order valence-corrected chi connectivity index (χ4v) is 1.80. The van der Waals surface area contributed by atoms with Gasteiger partial charge in [0.05, 0.1) is 12.0 Å². The molecule has 1 N–H and O–H groups in total. The van der Waals surface area contributed by atoms with Gasteiger partial charge in [-0.05, 0) is 45.7 Å². The summed E-state index contributed by atoms with van der Waals surface area (Å²) in [6, 6.07) is 5.62. The first-order chi connectivity index (χ1) is 8.79. The summed E-state index contributed by atoms with van der Waals surface area (Å²) in [5.41, 5.74) is 0.924. The van der Waals surface area contributed by atoms with Crippen molar-refractivity contribution >= 4 is 0 Å². The van der Waals surface area contributed by atoms with E-state index in [0.717, 1.165) is 31.7 Å². The molecule has 5 nitrogen and oxygen atoms in total. The van der Waals surface area contributed by atoms with Crippen LogP contribution in [0.3, 0.4) is 0 Å². The van der Waals surface area contributed by atoms with E-state index in [1.807, 2.05) is 25.2 Å². The first-order valence-corrected chi connectivity index (χ1v) is 6.12. The minimum absolute atomic E-state index is 0.679. The SMILES string of the molecule is CNCCCN(C)Cc1cc(-c2ccco2)on1. The van der Waals surface area contributed by atoms with Crippen LogP contribution in [0.4, 0.5) is 0 Å². The van der Waals surface area contributed by atoms with E-state index >= 15 is 0 Å². The summed E-state index contributed by atoms with van der Waals surface area (Å²) in [5.74, 6) is 1.39. The third-order valence-electron chi connectivity index (χ3n) is 2.72. The van der Waals surface area contributed by atoms with Crippen molar-refractivity contribution in [1.82, 2.24) is 15.4 Å². The molecular weight excluding hydrogens is 230 g/mol. The predicted molar refractivity (Wildman–Crippen MR) is 69.1 cm³/mol. The number of hydrogen-bond donors (Lipinski definition) is 1. The Balaban J connectivity index is 1.87. The Hall–Kier alpha value is -1.59. The maximum absolute atomic E-state index is 5.26. The third kappa shape index (κ3) is 3.45. The van der Waals surface area contributed by atoms with Gasteiger partial charge in [0.1, 0.15) is 0 Å². The van der Waals surface area contributed by atoms with Crippen molar-refractivity contribution in [1.29, 1.82) is 0 Å². The summed E-state index contributed by atoms with van der Waals surface area (Å²) in [4.78, 5) is 2.22. The zero-order valence-corrected chi connectivity index (χ0v) is 10.8. The van der Waals surface area contributed by atoms with Gasteiger partial charge in [0.2, 0.25) is 5.76 Å². The van der Waals surface area contributed by atoms with E-state index in [4.69, 9.17) is 8.94 Å². The molecule has 0 fully saturated rings. The quantitative estimate of drug-likeness (QED) is 0.760. The highest BCUT2D eigenvalue weighted by Gasteiger charge is 2.10. The number of aromatic nitrogens is 1. The first-order valence-electron chi connectivity index (χ1n) is 6.12. The highest BCUT2D eigenvalue weighted by molar-refractivity contribution is 5.49. The van der Waals surface area contributed by atoms with Crippen LogP contribution in [0.1, 0.15) is 12.1 Å². The van der Waals surface area contributed by atoms with Crippen LogP contribution < -0.4 is 5.32 Å². The Labute approximate surface area is 107 Å². The van der Waals surface area contributed by atoms with Gasteiger partial charge in [-0.2, -0.15) is 0 Å². The average molecular weight is 249 g/mol. The minimum atomic E-state index is 0.679. The maximum Gasteiger partial charge on any atom is 0.202 e. The van der Waals surface area contributed by atoms with Gasteiger partial charge in [-0.15, -0.1) is 0 Å². The van der Waals surface area contributed by atoms with Crippen LogP contribution in [0.5, 0.6) is 0 Å². The number of furan rings is 1. The molecule has 0 radical (unpaired) electrons. The molecule has 0 spiro atoms. The lowest BCUT2D eigenvalue weighted by Gasteiger charge is -2.14. The van der Waals surface area contributed by atoms with E-state index in [2.05, 4.69) is 22.4 Å². The van der Waals surface area contributed by atoms with E-state index < -0.39 is 0 Å². The Morgan fingerprint density at radius 2 is 2.28 bits per heavy atom. The zero-order chi connectivity index (χ0) is 12.8. The van der Waals surface area contributed by atoms with E-state index in [1.165, 1.54) is 0 Å². The van der Waals surface area contributed by atoms with Crippen molar-refractivity contribution < 1.29 is 8.94 Å². The van der Waals surface area contributed by atoms with Crippen LogP contribution in [-0.4, -0.2) is 37.2 Å². The van der Waals surface area contributed by atoms with Gasteiger partial charge in [-0.25, -0.2) is 0 Å². The zero-order valence-electron chi connectivity index (χ0n) is 10.8. The van der Waals surface area contributed by atoms with Gasteiger partial charge < -0.3 is 19.2 Å². The smallest absolute Gasteiger partial charge is 0.202 e. The van der Waals surface area contributed by atoms with Crippen LogP contribution in [0.25, 0.3) is 11.5 Å². The van der Waals surface area contributed by atoms with Gasteiger partial charge in [0.15, 0.2) is 5.76 Å². The maximum atomic E-state index is 5.26. The van der Waals surface area contributed by atoms with Gasteiger partial charge in [0.25, 0.3) is 0 Å². The van der Waals surface area contributed by atoms with Crippen LogP contribution in [-0.2, 0) is 6.54 Å². The normalized spacial score (nSPS) is 11.3. The summed E-state index contributed by atoms with van der Waals surface area (Å²) in [6.45, 7) is 2.85. The summed E-state index contributed by atoms with van der Waals surface area (Å²) in [7, 11) is 4.05. The van der Waals surface area contributed by atoms with Crippen molar-refractivity contribution in [3.63, 3.8) is 0 Å². The molecule has 0 bridgehead atoms. The second kappa shape index (κ2) is 6.37. The van der Waals surface area contributed by atoms with Crippen molar-refractivity contribution in [2.24, 2.45) is 0 Å². The van der Waals surface area contributed by atoms with E-state index in [-0.39, 0.29) is 0 Å². The first kappa shape index (κ1) is 12.9. The summed E-state index contributed by atoms with van der Waals surface area (Å²) < 4.78 is 10.5. The molecule has 2 aromatic heterocycles. The second-order valence-corrected chi connectivity index (χ2v) is 4.35. The Morgan fingerprint density at radius 1 is 1.39 bits per heavy atom. The molecule has 0 amide bonds. The highest BCUT2D eigenvalue weighted by Crippen LogP contribution is 2.20. The summed E-state index contributed by atoms with van der Waals surface area (Å²) >= 11 is 0. The summed E-state index contributed by atoms with van der Waals surface area (Å²) in [5, 5.41) is 7.18. The molecule has 0 aliphatic rings. The fraction of sp³-hybridized carbons (Fsp3) is 0.462. The van der Waals surface area contributed by atoms with E-state index in [1.54, 1.807) is 6.26 Å². The number of nitrogens with one attached hydrogen (secondary N) is 1. The third-order valence-corrected chi connectivity index (χ3v) is 2.72. The van der Waals surface area contributed by atoms with Gasteiger partial charge in [-0.1, -0.05) is 5.16 Å². The number of rotatable bonds is 7. The highest BCUT2D eigenvalue weighted by atomic mass is 16.5. The average Bonchev–Trinajstić information content (AvgIpc) is 2.98. The molecule has 98 valence electrons. The van der Waals surface area contributed by atoms with Gasteiger partial charge in [-0.3, -0.25) is 0 Å². The number of hydrogen-bond acceptors (Lipinski definition) is 5. The minimum Gasteiger partial charge on any atom is -0.461 e. The van der Waals surface area contributed by atoms with Crippen molar-refractivity contribution in [3.05, 3.63) is 30.2 Å². The lowest BCUT2D eigenvalue weighted by Crippen LogP contribution is -2.22. The molecule has 0 aliphatic carbocycles. The molecule has 0 unspecified atom stereocenters. The van der Waals surface area contributed by atoms with Crippen LogP contribution in [0, 0.1) is 0 Å². The molecule has 0 saturated heterocycles. The molecular formula is C13H19N3O2. The molecule has 18 heavy (non-hydrogen) atoms. The van der Waals surface area contributed by atoms with Crippen LogP contribution >= 0.6 is 0 Å². The lowest BCUT2D eigenvalue weighted by molar-refractivity contribution is 0.306. The topological polar surface area (TPSA) is 54.4 Å². The van der Waals surface area contributed by atoms with Crippen molar-refractivity contribution in [3.8, 4) is 11.5 Å². The molecule has 0 aliphatic heterocycles. The lowest BCUT2D eigenvalue weighted by atomic mass is 10.3. The largest absolute Gasteiger partial charge is 0.461 e. The molecule has 0 atom stereocenters. The predicted octanol–water partition coefficient (Wildman–Crippen LogP) is 1.98. The molecule has 2 rings (SSSR count). The fourth-order valence-electron chi connectivity index (χ4n) is 1.80.